The number of aliphatic carboxylic acids is 1. The molecule has 34 heavy (non-hydrogen) atoms. The highest BCUT2D eigenvalue weighted by Crippen LogP contribution is 2.32. The number of aryl methyl sites for hydroxylation is 1. The molecule has 6 heteroatoms. The quantitative estimate of drug-likeness (QED) is 0.483. The van der Waals surface area contributed by atoms with Crippen LogP contribution in [0.25, 0.3) is 22.4 Å². The van der Waals surface area contributed by atoms with Gasteiger partial charge in [0.1, 0.15) is 6.61 Å². The number of nitrogens with zero attached hydrogens (tertiary/aromatic N) is 2. The fraction of sp³-hybridized carbons (Fsp3) is 0.393. The van der Waals surface area contributed by atoms with Crippen molar-refractivity contribution in [3.63, 3.8) is 0 Å². The normalized spacial score (nSPS) is 18.0. The molecule has 0 atom stereocenters. The van der Waals surface area contributed by atoms with Gasteiger partial charge >= 0.3 is 5.97 Å². The topological polar surface area (TPSA) is 81.4 Å². The van der Waals surface area contributed by atoms with E-state index in [1.54, 1.807) is 10.7 Å². The van der Waals surface area contributed by atoms with Gasteiger partial charge in [-0.2, -0.15) is 5.10 Å². The van der Waals surface area contributed by atoms with Gasteiger partial charge in [0.15, 0.2) is 0 Å². The molecule has 1 saturated carbocycles. The van der Waals surface area contributed by atoms with Gasteiger partial charge in [-0.1, -0.05) is 61.5 Å². The number of hydrogen-bond acceptors (Lipinski definition) is 4. The van der Waals surface area contributed by atoms with E-state index in [0.717, 1.165) is 54.5 Å². The molecule has 178 valence electrons. The molecule has 1 aliphatic carbocycles. The summed E-state index contributed by atoms with van der Waals surface area (Å²) in [6.45, 7) is 2.97. The summed E-state index contributed by atoms with van der Waals surface area (Å²) in [4.78, 5) is 23.7. The standard InChI is InChI=1S/C28H32N2O4/c1-2-20-12-14-24(15-13-20)28-25(23-6-4-3-5-7-23)16-26(31)30(29-28)17-21-8-10-22(11-9-21)18-34-19-27(32)33/h3-7,12-16,21-22H,2,8-11,17-19H2,1H3,(H,32,33)/t21-,22-. The second-order valence-corrected chi connectivity index (χ2v) is 9.14. The van der Waals surface area contributed by atoms with Crippen molar-refractivity contribution < 1.29 is 14.6 Å². The molecule has 1 fully saturated rings. The Bertz CT molecular complexity index is 1150. The van der Waals surface area contributed by atoms with Gasteiger partial charge in [-0.15, -0.1) is 0 Å². The van der Waals surface area contributed by atoms with Crippen molar-refractivity contribution in [2.24, 2.45) is 11.8 Å². The van der Waals surface area contributed by atoms with E-state index in [1.165, 1.54) is 5.56 Å². The van der Waals surface area contributed by atoms with Crippen LogP contribution in [0.5, 0.6) is 0 Å². The summed E-state index contributed by atoms with van der Waals surface area (Å²) in [6, 6.07) is 20.1. The molecule has 0 aliphatic heterocycles. The summed E-state index contributed by atoms with van der Waals surface area (Å²) in [5.74, 6) is -0.176. The Hall–Kier alpha value is -3.25. The SMILES string of the molecule is CCc1ccc(-c2nn(C[C@H]3CC[C@H](COCC(=O)O)CC3)c(=O)cc2-c2ccccc2)cc1. The van der Waals surface area contributed by atoms with E-state index >= 15 is 0 Å². The number of hydrogen-bond donors (Lipinski definition) is 1. The molecule has 0 saturated heterocycles. The third-order valence-electron chi connectivity index (χ3n) is 6.70. The van der Waals surface area contributed by atoms with Crippen LogP contribution in [0.15, 0.2) is 65.5 Å². The fourth-order valence-corrected chi connectivity index (χ4v) is 4.71. The summed E-state index contributed by atoms with van der Waals surface area (Å²) in [5.41, 5.74) is 4.84. The number of ether oxygens (including phenoxy) is 1. The van der Waals surface area contributed by atoms with Crippen molar-refractivity contribution in [1.29, 1.82) is 0 Å². The van der Waals surface area contributed by atoms with Crippen molar-refractivity contribution in [2.45, 2.75) is 45.6 Å². The zero-order chi connectivity index (χ0) is 23.9. The van der Waals surface area contributed by atoms with Crippen molar-refractivity contribution in [1.82, 2.24) is 9.78 Å². The first kappa shape index (κ1) is 23.9. The van der Waals surface area contributed by atoms with Crippen LogP contribution in [-0.4, -0.2) is 34.1 Å². The highest BCUT2D eigenvalue weighted by atomic mass is 16.5. The number of carboxylic acid groups (broad SMARTS) is 1. The van der Waals surface area contributed by atoms with Crippen LogP contribution in [0.2, 0.25) is 0 Å². The number of carbonyl (C=O) groups is 1. The van der Waals surface area contributed by atoms with Gasteiger partial charge in [0.05, 0.1) is 12.3 Å². The Kier molecular flexibility index (Phi) is 7.91. The zero-order valence-electron chi connectivity index (χ0n) is 19.7. The molecule has 0 spiro atoms. The summed E-state index contributed by atoms with van der Waals surface area (Å²) in [7, 11) is 0. The lowest BCUT2D eigenvalue weighted by atomic mass is 9.82. The number of benzene rings is 2. The smallest absolute Gasteiger partial charge is 0.329 e. The van der Waals surface area contributed by atoms with E-state index in [1.807, 2.05) is 30.3 Å². The number of aromatic nitrogens is 2. The molecule has 1 aliphatic rings. The van der Waals surface area contributed by atoms with Crippen molar-refractivity contribution in [2.75, 3.05) is 13.2 Å². The van der Waals surface area contributed by atoms with E-state index in [-0.39, 0.29) is 12.2 Å². The molecule has 1 aromatic heterocycles. The first-order valence-corrected chi connectivity index (χ1v) is 12.1. The molecule has 4 rings (SSSR count). The monoisotopic (exact) mass is 460 g/mol. The maximum atomic E-state index is 13.1. The predicted molar refractivity (Wildman–Crippen MR) is 133 cm³/mol. The Balaban J connectivity index is 1.54. The van der Waals surface area contributed by atoms with E-state index in [9.17, 15) is 9.59 Å². The number of rotatable bonds is 9. The van der Waals surface area contributed by atoms with Crippen LogP contribution in [0.1, 0.15) is 38.2 Å². The average Bonchev–Trinajstić information content (AvgIpc) is 2.86. The third-order valence-corrected chi connectivity index (χ3v) is 6.70. The lowest BCUT2D eigenvalue weighted by Gasteiger charge is -2.28. The third kappa shape index (κ3) is 6.00. The van der Waals surface area contributed by atoms with Crippen LogP contribution < -0.4 is 5.56 Å². The van der Waals surface area contributed by atoms with Gasteiger partial charge in [-0.05, 0) is 55.1 Å². The van der Waals surface area contributed by atoms with Crippen LogP contribution >= 0.6 is 0 Å². The highest BCUT2D eigenvalue weighted by molar-refractivity contribution is 5.80. The molecule has 3 aromatic rings. The molecule has 6 nitrogen and oxygen atoms in total. The molecule has 0 unspecified atom stereocenters. The van der Waals surface area contributed by atoms with Gasteiger partial charge in [0.25, 0.3) is 5.56 Å². The molecule has 2 aromatic carbocycles. The van der Waals surface area contributed by atoms with E-state index in [4.69, 9.17) is 14.9 Å². The van der Waals surface area contributed by atoms with Gasteiger partial charge in [0, 0.05) is 23.7 Å². The molecule has 0 amide bonds. The largest absolute Gasteiger partial charge is 0.480 e. The van der Waals surface area contributed by atoms with Crippen LogP contribution in [0, 0.1) is 11.8 Å². The number of carboxylic acids is 1. The van der Waals surface area contributed by atoms with Crippen LogP contribution in [0.4, 0.5) is 0 Å². The maximum Gasteiger partial charge on any atom is 0.329 e. The summed E-state index contributed by atoms with van der Waals surface area (Å²) in [6.07, 6.45) is 4.90. The second kappa shape index (κ2) is 11.3. The van der Waals surface area contributed by atoms with Gasteiger partial charge in [-0.25, -0.2) is 9.48 Å². The van der Waals surface area contributed by atoms with Crippen LogP contribution in [-0.2, 0) is 22.5 Å². The molecule has 0 bridgehead atoms. The fourth-order valence-electron chi connectivity index (χ4n) is 4.71. The molecular weight excluding hydrogens is 428 g/mol. The minimum atomic E-state index is -0.932. The summed E-state index contributed by atoms with van der Waals surface area (Å²) < 4.78 is 6.90. The minimum Gasteiger partial charge on any atom is -0.480 e. The van der Waals surface area contributed by atoms with Gasteiger partial charge < -0.3 is 9.84 Å². The first-order chi connectivity index (χ1) is 16.5. The van der Waals surface area contributed by atoms with Gasteiger partial charge in [-0.3, -0.25) is 4.79 Å². The lowest BCUT2D eigenvalue weighted by molar-refractivity contribution is -0.142. The molecule has 0 radical (unpaired) electrons. The van der Waals surface area contributed by atoms with E-state index < -0.39 is 5.97 Å². The van der Waals surface area contributed by atoms with Crippen molar-refractivity contribution in [3.8, 4) is 22.4 Å². The zero-order valence-corrected chi connectivity index (χ0v) is 19.7. The average molecular weight is 461 g/mol. The summed E-state index contributed by atoms with van der Waals surface area (Å²) >= 11 is 0. The maximum absolute atomic E-state index is 13.1. The van der Waals surface area contributed by atoms with Gasteiger partial charge in [0.2, 0.25) is 0 Å². The highest BCUT2D eigenvalue weighted by Gasteiger charge is 2.23. The Morgan fingerprint density at radius 2 is 1.68 bits per heavy atom. The summed E-state index contributed by atoms with van der Waals surface area (Å²) in [5, 5.41) is 13.6. The predicted octanol–water partition coefficient (Wildman–Crippen LogP) is 5.05. The first-order valence-electron chi connectivity index (χ1n) is 12.1. The second-order valence-electron chi connectivity index (χ2n) is 9.14. The molecular formula is C28H32N2O4. The van der Waals surface area contributed by atoms with Crippen molar-refractivity contribution >= 4 is 5.97 Å². The Morgan fingerprint density at radius 3 is 2.32 bits per heavy atom. The van der Waals surface area contributed by atoms with E-state index in [2.05, 4.69) is 31.2 Å². The Morgan fingerprint density at radius 1 is 1.00 bits per heavy atom. The van der Waals surface area contributed by atoms with Crippen molar-refractivity contribution in [3.05, 3.63) is 76.6 Å². The minimum absolute atomic E-state index is 0.0836. The van der Waals surface area contributed by atoms with E-state index in [0.29, 0.717) is 25.0 Å². The lowest BCUT2D eigenvalue weighted by Crippen LogP contribution is -2.29. The van der Waals surface area contributed by atoms with Crippen LogP contribution in [0.3, 0.4) is 0 Å². The molecule has 1 N–H and O–H groups in total. The Labute approximate surface area is 200 Å². The molecule has 1 heterocycles.